The summed E-state index contributed by atoms with van der Waals surface area (Å²) >= 11 is 1.60. The van der Waals surface area contributed by atoms with Crippen LogP contribution in [-0.4, -0.2) is 80.8 Å². The number of esters is 1. The molecule has 3 aliphatic rings. The maximum atomic E-state index is 12.7. The molecule has 39 heavy (non-hydrogen) atoms. The molecule has 0 saturated carbocycles. The van der Waals surface area contributed by atoms with Crippen molar-refractivity contribution in [2.75, 3.05) is 32.3 Å². The number of nitrogens with one attached hydrogen (secondary N) is 1. The van der Waals surface area contributed by atoms with Crippen molar-refractivity contribution in [2.45, 2.75) is 62.6 Å². The monoisotopic (exact) mass is 557 g/mol. The molecule has 0 radical (unpaired) electrons. The van der Waals surface area contributed by atoms with Crippen LogP contribution in [0.3, 0.4) is 0 Å². The van der Waals surface area contributed by atoms with Crippen LogP contribution in [0.4, 0.5) is 4.79 Å². The fourth-order valence-corrected chi connectivity index (χ4v) is 6.61. The van der Waals surface area contributed by atoms with E-state index >= 15 is 0 Å². The fraction of sp³-hybridized carbons (Fsp3) is 0.517. The van der Waals surface area contributed by atoms with E-state index in [0.29, 0.717) is 17.9 Å². The predicted octanol–water partition coefficient (Wildman–Crippen LogP) is 4.08. The maximum Gasteiger partial charge on any atom is 0.407 e. The van der Waals surface area contributed by atoms with E-state index in [1.54, 1.807) is 18.9 Å². The molecule has 2 fully saturated rings. The Labute approximate surface area is 232 Å². The quantitative estimate of drug-likeness (QED) is 0.342. The van der Waals surface area contributed by atoms with Crippen molar-refractivity contribution in [1.82, 2.24) is 5.32 Å². The number of alkyl carbamates (subject to hydrolysis) is 1. The zero-order chi connectivity index (χ0) is 27.6. The Hall–Kier alpha value is -2.63. The molecule has 9 nitrogen and oxygen atoms in total. The number of fused-ring (bicyclic) bond motifs is 4. The second-order valence-corrected chi connectivity index (χ2v) is 11.4. The average Bonchev–Trinajstić information content (AvgIpc) is 3.54. The number of thioether (sulfide) groups is 1. The number of amides is 1. The third kappa shape index (κ3) is 5.95. The first-order chi connectivity index (χ1) is 18.8. The molecule has 1 aliphatic carbocycles. The van der Waals surface area contributed by atoms with E-state index in [2.05, 4.69) is 29.6 Å². The largest absolute Gasteiger partial charge is 0.467 e. The number of methoxy groups -OCH3 is 2. The van der Waals surface area contributed by atoms with Gasteiger partial charge in [-0.25, -0.2) is 9.59 Å². The van der Waals surface area contributed by atoms with Crippen LogP contribution in [0.1, 0.15) is 37.3 Å². The third-order valence-corrected chi connectivity index (χ3v) is 8.38. The van der Waals surface area contributed by atoms with Crippen LogP contribution in [0.15, 0.2) is 48.5 Å². The van der Waals surface area contributed by atoms with Gasteiger partial charge >= 0.3 is 12.1 Å². The van der Waals surface area contributed by atoms with Crippen molar-refractivity contribution in [1.29, 1.82) is 0 Å². The molecule has 2 heterocycles. The summed E-state index contributed by atoms with van der Waals surface area (Å²) in [5, 5.41) is 2.69. The lowest BCUT2D eigenvalue weighted by Crippen LogP contribution is -2.42. The van der Waals surface area contributed by atoms with Crippen molar-refractivity contribution in [3.63, 3.8) is 0 Å². The van der Waals surface area contributed by atoms with Crippen molar-refractivity contribution >= 4 is 23.8 Å². The van der Waals surface area contributed by atoms with Gasteiger partial charge in [-0.1, -0.05) is 48.5 Å². The van der Waals surface area contributed by atoms with Crippen LogP contribution in [0.2, 0.25) is 0 Å². The van der Waals surface area contributed by atoms with Gasteiger partial charge in [0.2, 0.25) is 0 Å². The number of hydrogen-bond acceptors (Lipinski definition) is 9. The molecule has 2 aromatic rings. The minimum absolute atomic E-state index is 0.0618. The minimum Gasteiger partial charge on any atom is -0.467 e. The smallest absolute Gasteiger partial charge is 0.407 e. The summed E-state index contributed by atoms with van der Waals surface area (Å²) in [7, 11) is 2.89. The summed E-state index contributed by atoms with van der Waals surface area (Å²) in [5.74, 6) is -0.0629. The van der Waals surface area contributed by atoms with Crippen LogP contribution in [0.5, 0.6) is 0 Å². The molecule has 0 bridgehead atoms. The lowest BCUT2D eigenvalue weighted by atomic mass is 9.98. The Bertz CT molecular complexity index is 1140. The van der Waals surface area contributed by atoms with E-state index in [1.165, 1.54) is 7.11 Å². The molecule has 2 saturated heterocycles. The second-order valence-electron chi connectivity index (χ2n) is 10.3. The van der Waals surface area contributed by atoms with E-state index < -0.39 is 30.2 Å². The SMILES string of the molecule is COC(=O)C(CCSCC1O[C@@H](OC)[C@@H]2OC(C)(C)O[C@H]12)NC(=O)OCC1c2ccccc2-c2ccccc21. The highest BCUT2D eigenvalue weighted by Gasteiger charge is 2.55. The van der Waals surface area contributed by atoms with Gasteiger partial charge in [0.05, 0.1) is 13.2 Å². The van der Waals surface area contributed by atoms with E-state index in [-0.39, 0.29) is 30.8 Å². The number of carbonyl (C=O) groups excluding carboxylic acids is 2. The molecule has 210 valence electrons. The van der Waals surface area contributed by atoms with Crippen molar-refractivity contribution in [3.05, 3.63) is 59.7 Å². The molecule has 2 aliphatic heterocycles. The van der Waals surface area contributed by atoms with Gasteiger partial charge in [-0.15, -0.1) is 0 Å². The highest BCUT2D eigenvalue weighted by molar-refractivity contribution is 7.99. The number of ether oxygens (including phenoxy) is 6. The van der Waals surface area contributed by atoms with Gasteiger partial charge in [0, 0.05) is 18.8 Å². The van der Waals surface area contributed by atoms with Crippen LogP contribution < -0.4 is 5.32 Å². The Morgan fingerprint density at radius 2 is 1.64 bits per heavy atom. The second kappa shape index (κ2) is 11.9. The van der Waals surface area contributed by atoms with Crippen LogP contribution in [-0.2, 0) is 33.2 Å². The fourth-order valence-electron chi connectivity index (χ4n) is 5.54. The molecule has 1 N–H and O–H groups in total. The van der Waals surface area contributed by atoms with Gasteiger partial charge in [-0.3, -0.25) is 0 Å². The Morgan fingerprint density at radius 3 is 2.28 bits per heavy atom. The molecular weight excluding hydrogens is 522 g/mol. The van der Waals surface area contributed by atoms with E-state index in [9.17, 15) is 9.59 Å². The van der Waals surface area contributed by atoms with E-state index in [4.69, 9.17) is 28.4 Å². The minimum atomic E-state index is -0.827. The molecule has 2 unspecified atom stereocenters. The third-order valence-electron chi connectivity index (χ3n) is 7.29. The molecule has 10 heteroatoms. The summed E-state index contributed by atoms with van der Waals surface area (Å²) in [5.41, 5.74) is 4.55. The highest BCUT2D eigenvalue weighted by atomic mass is 32.2. The zero-order valence-electron chi connectivity index (χ0n) is 22.6. The first kappa shape index (κ1) is 27.9. The highest BCUT2D eigenvalue weighted by Crippen LogP contribution is 2.44. The number of hydrogen-bond donors (Lipinski definition) is 1. The lowest BCUT2D eigenvalue weighted by Gasteiger charge is -2.23. The normalized spacial score (nSPS) is 25.4. The molecule has 0 aromatic heterocycles. The molecular formula is C29H35NO8S. The van der Waals surface area contributed by atoms with Crippen molar-refractivity contribution in [2.24, 2.45) is 0 Å². The number of carbonyl (C=O) groups is 2. The standard InChI is InChI=1S/C29H35NO8S/c1-29(2)37-24-23(36-27(34-4)25(24)38-29)16-39-14-13-22(26(31)33-3)30-28(32)35-15-21-19-11-7-5-9-17(19)18-10-6-8-12-20(18)21/h5-12,21-25,27H,13-16H2,1-4H3,(H,30,32)/t22?,23?,24-,25-,27-/m1/s1. The average molecular weight is 558 g/mol. The van der Waals surface area contributed by atoms with Gasteiger partial charge in [0.1, 0.15) is 24.9 Å². The van der Waals surface area contributed by atoms with Crippen molar-refractivity contribution in [3.8, 4) is 11.1 Å². The predicted molar refractivity (Wildman–Crippen MR) is 145 cm³/mol. The first-order valence-corrected chi connectivity index (χ1v) is 14.3. The van der Waals surface area contributed by atoms with Crippen LogP contribution >= 0.6 is 11.8 Å². The van der Waals surface area contributed by atoms with Gasteiger partial charge in [-0.2, -0.15) is 11.8 Å². The summed E-state index contributed by atoms with van der Waals surface area (Å²) in [6.07, 6.45) is -1.49. The number of benzene rings is 2. The lowest BCUT2D eigenvalue weighted by molar-refractivity contribution is -0.224. The first-order valence-electron chi connectivity index (χ1n) is 13.1. The van der Waals surface area contributed by atoms with E-state index in [1.807, 2.05) is 38.1 Å². The van der Waals surface area contributed by atoms with Gasteiger partial charge in [0.15, 0.2) is 12.1 Å². The summed E-state index contributed by atoms with van der Waals surface area (Å²) in [4.78, 5) is 25.1. The molecule has 0 spiro atoms. The zero-order valence-corrected chi connectivity index (χ0v) is 23.4. The molecule has 1 amide bonds. The Morgan fingerprint density at radius 1 is 1.00 bits per heavy atom. The molecule has 5 rings (SSSR count). The van der Waals surface area contributed by atoms with Gasteiger partial charge < -0.3 is 33.7 Å². The summed E-state index contributed by atoms with van der Waals surface area (Å²) < 4.78 is 33.9. The molecule has 5 atom stereocenters. The van der Waals surface area contributed by atoms with Gasteiger partial charge in [0.25, 0.3) is 0 Å². The maximum absolute atomic E-state index is 12.7. The van der Waals surface area contributed by atoms with Gasteiger partial charge in [-0.05, 0) is 48.3 Å². The van der Waals surface area contributed by atoms with Crippen molar-refractivity contribution < 1.29 is 38.0 Å². The van der Waals surface area contributed by atoms with E-state index in [0.717, 1.165) is 22.3 Å². The summed E-state index contributed by atoms with van der Waals surface area (Å²) in [6, 6.07) is 15.4. The van der Waals surface area contributed by atoms with Crippen LogP contribution in [0.25, 0.3) is 11.1 Å². The topological polar surface area (TPSA) is 102 Å². The Balaban J connectivity index is 1.12. The Kier molecular flexibility index (Phi) is 8.49. The van der Waals surface area contributed by atoms with Crippen LogP contribution in [0, 0.1) is 0 Å². The molecule has 2 aromatic carbocycles. The summed E-state index contributed by atoms with van der Waals surface area (Å²) in [6.45, 7) is 3.92. The number of rotatable bonds is 10.